The minimum Gasteiger partial charge on any atom is -0.291 e. The summed E-state index contributed by atoms with van der Waals surface area (Å²) in [6, 6.07) is 62.0. The molecule has 0 fully saturated rings. The van der Waals surface area contributed by atoms with Gasteiger partial charge in [0, 0.05) is 37.5 Å². The standard InChI is InChI=1S/C50H29N5S/c1-3-13-33(14-4-1)47-52-48(34-15-5-2-6-16-34)54-49(53-47)35-21-19-32(20-22-35)42-29-40-44-37-18-10-8-12-31(37)24-28-43(44)56-46(40)50-51-45-39-25-23-30-11-7-9-17-36(30)38(39)26-27-41(45)55(42)50/h1-29H. The highest BCUT2D eigenvalue weighted by Gasteiger charge is 2.21. The van der Waals surface area contributed by atoms with Crippen LogP contribution in [-0.4, -0.2) is 24.3 Å². The first-order chi connectivity index (χ1) is 27.7. The smallest absolute Gasteiger partial charge is 0.164 e. The van der Waals surface area contributed by atoms with Crippen LogP contribution in [0.25, 0.3) is 115 Å². The maximum Gasteiger partial charge on any atom is 0.164 e. The van der Waals surface area contributed by atoms with Gasteiger partial charge in [-0.05, 0) is 50.7 Å². The van der Waals surface area contributed by atoms with E-state index in [9.17, 15) is 0 Å². The second-order valence-electron chi connectivity index (χ2n) is 14.2. The fraction of sp³-hybridized carbons (Fsp3) is 0. The number of imidazole rings is 1. The van der Waals surface area contributed by atoms with Gasteiger partial charge in [0.25, 0.3) is 0 Å². The van der Waals surface area contributed by atoms with Crippen molar-refractivity contribution in [2.75, 3.05) is 0 Å². The van der Waals surface area contributed by atoms with Gasteiger partial charge in [0.1, 0.15) is 0 Å². The summed E-state index contributed by atoms with van der Waals surface area (Å²) in [4.78, 5) is 20.4. The molecule has 0 bridgehead atoms. The second kappa shape index (κ2) is 12.1. The van der Waals surface area contributed by atoms with E-state index in [1.807, 2.05) is 72.0 Å². The van der Waals surface area contributed by atoms with Crippen LogP contribution in [0.1, 0.15) is 0 Å². The van der Waals surface area contributed by atoms with E-state index in [1.54, 1.807) is 0 Å². The minimum atomic E-state index is 0.631. The van der Waals surface area contributed by atoms with Crippen molar-refractivity contribution in [1.82, 2.24) is 24.3 Å². The van der Waals surface area contributed by atoms with Gasteiger partial charge in [0.15, 0.2) is 23.1 Å². The van der Waals surface area contributed by atoms with Crippen LogP contribution >= 0.6 is 11.3 Å². The summed E-state index contributed by atoms with van der Waals surface area (Å²) in [5.41, 5.74) is 8.05. The van der Waals surface area contributed by atoms with Crippen LogP contribution in [0.4, 0.5) is 0 Å². The van der Waals surface area contributed by atoms with Gasteiger partial charge in [-0.2, -0.15) is 0 Å². The molecule has 0 aliphatic rings. The van der Waals surface area contributed by atoms with Crippen LogP contribution in [0.3, 0.4) is 0 Å². The third-order valence-corrected chi connectivity index (χ3v) is 12.2. The predicted molar refractivity (Wildman–Crippen MR) is 233 cm³/mol. The van der Waals surface area contributed by atoms with Crippen molar-refractivity contribution >= 4 is 80.5 Å². The van der Waals surface area contributed by atoms with E-state index in [2.05, 4.69) is 120 Å². The van der Waals surface area contributed by atoms with E-state index in [-0.39, 0.29) is 0 Å². The molecular weight excluding hydrogens is 703 g/mol. The molecule has 0 radical (unpaired) electrons. The van der Waals surface area contributed by atoms with Crippen molar-refractivity contribution in [3.8, 4) is 45.4 Å². The maximum absolute atomic E-state index is 5.53. The topological polar surface area (TPSA) is 56.0 Å². The summed E-state index contributed by atoms with van der Waals surface area (Å²) < 4.78 is 4.81. The van der Waals surface area contributed by atoms with Crippen molar-refractivity contribution in [3.63, 3.8) is 0 Å². The Bertz CT molecular complexity index is 3460. The molecule has 4 aromatic heterocycles. The first kappa shape index (κ1) is 31.1. The molecule has 12 rings (SSSR count). The normalized spacial score (nSPS) is 11.9. The maximum atomic E-state index is 5.53. The summed E-state index contributed by atoms with van der Waals surface area (Å²) in [6.07, 6.45) is 0. The predicted octanol–water partition coefficient (Wildman–Crippen LogP) is 13.2. The molecule has 4 heterocycles. The molecule has 0 saturated heterocycles. The Balaban J connectivity index is 1.11. The van der Waals surface area contributed by atoms with Crippen LogP contribution in [0.5, 0.6) is 0 Å². The molecule has 0 aliphatic heterocycles. The summed E-state index contributed by atoms with van der Waals surface area (Å²) in [7, 11) is 0. The fourth-order valence-corrected chi connectivity index (χ4v) is 9.54. The van der Waals surface area contributed by atoms with Crippen LogP contribution in [0.15, 0.2) is 176 Å². The molecule has 0 aliphatic carbocycles. The first-order valence-corrected chi connectivity index (χ1v) is 19.5. The zero-order chi connectivity index (χ0) is 36.7. The highest BCUT2D eigenvalue weighted by molar-refractivity contribution is 7.26. The van der Waals surface area contributed by atoms with E-state index in [1.165, 1.54) is 47.1 Å². The van der Waals surface area contributed by atoms with E-state index < -0.39 is 0 Å². The van der Waals surface area contributed by atoms with Gasteiger partial charge in [-0.3, -0.25) is 4.40 Å². The number of hydrogen-bond acceptors (Lipinski definition) is 5. The molecule has 56 heavy (non-hydrogen) atoms. The zero-order valence-electron chi connectivity index (χ0n) is 29.9. The minimum absolute atomic E-state index is 0.631. The van der Waals surface area contributed by atoms with Crippen LogP contribution < -0.4 is 0 Å². The van der Waals surface area contributed by atoms with Gasteiger partial charge in [-0.1, -0.05) is 158 Å². The van der Waals surface area contributed by atoms with Gasteiger partial charge in [-0.25, -0.2) is 19.9 Å². The third kappa shape index (κ3) is 4.73. The van der Waals surface area contributed by atoms with Crippen molar-refractivity contribution in [3.05, 3.63) is 176 Å². The monoisotopic (exact) mass is 731 g/mol. The number of nitrogens with zero attached hydrogens (tertiary/aromatic N) is 5. The van der Waals surface area contributed by atoms with Crippen LogP contribution in [-0.2, 0) is 0 Å². The van der Waals surface area contributed by atoms with Gasteiger partial charge >= 0.3 is 0 Å². The van der Waals surface area contributed by atoms with Gasteiger partial charge in [0.05, 0.1) is 21.4 Å². The van der Waals surface area contributed by atoms with E-state index in [0.717, 1.165) is 50.0 Å². The highest BCUT2D eigenvalue weighted by atomic mass is 32.1. The number of rotatable bonds is 4. The van der Waals surface area contributed by atoms with Gasteiger partial charge in [-0.15, -0.1) is 11.3 Å². The molecule has 0 spiro atoms. The number of fused-ring (bicyclic) bond motifs is 13. The largest absolute Gasteiger partial charge is 0.291 e. The molecule has 0 saturated carbocycles. The average Bonchev–Trinajstić information content (AvgIpc) is 3.86. The lowest BCUT2D eigenvalue weighted by atomic mass is 10.0. The van der Waals surface area contributed by atoms with Crippen molar-refractivity contribution in [2.45, 2.75) is 0 Å². The number of aromatic nitrogens is 5. The van der Waals surface area contributed by atoms with E-state index in [0.29, 0.717) is 17.5 Å². The third-order valence-electron chi connectivity index (χ3n) is 11.0. The fourth-order valence-electron chi connectivity index (χ4n) is 8.36. The molecule has 0 N–H and O–H groups in total. The summed E-state index contributed by atoms with van der Waals surface area (Å²) in [5.74, 6) is 1.92. The van der Waals surface area contributed by atoms with Crippen LogP contribution in [0.2, 0.25) is 0 Å². The Kier molecular flexibility index (Phi) is 6.73. The Labute approximate surface area is 324 Å². The Morgan fingerprint density at radius 3 is 1.64 bits per heavy atom. The zero-order valence-corrected chi connectivity index (χ0v) is 30.7. The second-order valence-corrected chi connectivity index (χ2v) is 15.3. The molecule has 8 aromatic carbocycles. The van der Waals surface area contributed by atoms with Crippen LogP contribution in [0, 0.1) is 0 Å². The number of thiophene rings is 1. The lowest BCUT2D eigenvalue weighted by Gasteiger charge is -2.11. The van der Waals surface area contributed by atoms with Crippen molar-refractivity contribution < 1.29 is 0 Å². The lowest BCUT2D eigenvalue weighted by molar-refractivity contribution is 1.07. The van der Waals surface area contributed by atoms with Gasteiger partial charge in [0.2, 0.25) is 0 Å². The lowest BCUT2D eigenvalue weighted by Crippen LogP contribution is -2.00. The number of pyridine rings is 1. The van der Waals surface area contributed by atoms with Gasteiger partial charge < -0.3 is 0 Å². The molecule has 12 aromatic rings. The average molecular weight is 732 g/mol. The van der Waals surface area contributed by atoms with E-state index >= 15 is 0 Å². The molecule has 0 atom stereocenters. The summed E-state index contributed by atoms with van der Waals surface area (Å²) in [6.45, 7) is 0. The Morgan fingerprint density at radius 1 is 0.393 bits per heavy atom. The molecule has 0 amide bonds. The SMILES string of the molecule is c1ccc(-c2nc(-c3ccccc3)nc(-c3ccc(-c4cc5c(sc6ccc7ccccc7c65)c5nc6c7ccc8ccccc8c7ccc6n45)cc3)n2)cc1. The first-order valence-electron chi connectivity index (χ1n) is 18.7. The molecule has 6 heteroatoms. The summed E-state index contributed by atoms with van der Waals surface area (Å²) >= 11 is 1.83. The Morgan fingerprint density at radius 2 is 0.946 bits per heavy atom. The Hall–Kier alpha value is -7.28. The highest BCUT2D eigenvalue weighted by Crippen LogP contribution is 2.44. The molecule has 0 unspecified atom stereocenters. The number of benzene rings is 8. The molecular formula is C50H29N5S. The summed E-state index contributed by atoms with van der Waals surface area (Å²) in [5, 5.41) is 9.83. The quantitative estimate of drug-likeness (QED) is 0.169. The molecule has 5 nitrogen and oxygen atoms in total. The molecule has 260 valence electrons. The van der Waals surface area contributed by atoms with Crippen molar-refractivity contribution in [1.29, 1.82) is 0 Å². The number of hydrogen-bond donors (Lipinski definition) is 0. The van der Waals surface area contributed by atoms with Crippen molar-refractivity contribution in [2.24, 2.45) is 0 Å². The van der Waals surface area contributed by atoms with E-state index in [4.69, 9.17) is 19.9 Å².